The Morgan fingerprint density at radius 1 is 1.21 bits per heavy atom. The molecule has 1 atom stereocenters. The van der Waals surface area contributed by atoms with Gasteiger partial charge in [0.1, 0.15) is 17.6 Å². The van der Waals surface area contributed by atoms with Gasteiger partial charge in [-0.05, 0) is 55.0 Å². The number of hydrogen-bond donors (Lipinski definition) is 1. The molecule has 1 saturated carbocycles. The van der Waals surface area contributed by atoms with Gasteiger partial charge in [0.25, 0.3) is 0 Å². The molecule has 0 radical (unpaired) electrons. The molecule has 0 bridgehead atoms. The van der Waals surface area contributed by atoms with Crippen molar-refractivity contribution in [1.29, 1.82) is 0 Å². The second-order valence-corrected chi connectivity index (χ2v) is 7.50. The van der Waals surface area contributed by atoms with E-state index in [2.05, 4.69) is 22.1 Å². The summed E-state index contributed by atoms with van der Waals surface area (Å²) in [4.78, 5) is 18.6. The van der Waals surface area contributed by atoms with Crippen LogP contribution in [0, 0.1) is 17.6 Å². The van der Waals surface area contributed by atoms with Crippen molar-refractivity contribution in [2.45, 2.75) is 32.1 Å². The third kappa shape index (κ3) is 3.91. The largest absolute Gasteiger partial charge is 0.369 e. The third-order valence-electron chi connectivity index (χ3n) is 5.20. The molecule has 1 amide bonds. The van der Waals surface area contributed by atoms with Gasteiger partial charge in [0, 0.05) is 31.1 Å². The van der Waals surface area contributed by atoms with Crippen molar-refractivity contribution in [2.75, 3.05) is 23.3 Å². The van der Waals surface area contributed by atoms with E-state index in [4.69, 9.17) is 0 Å². The Morgan fingerprint density at radius 2 is 2.04 bits per heavy atom. The summed E-state index contributed by atoms with van der Waals surface area (Å²) in [5.74, 6) is -0.904. The highest BCUT2D eigenvalue weighted by Gasteiger charge is 2.29. The number of halogens is 2. The van der Waals surface area contributed by atoms with E-state index in [-0.39, 0.29) is 11.7 Å². The van der Waals surface area contributed by atoms with Gasteiger partial charge in [-0.25, -0.2) is 8.78 Å². The van der Waals surface area contributed by atoms with E-state index >= 15 is 0 Å². The number of carbonyl (C=O) groups excluding carboxylic acids is 1. The van der Waals surface area contributed by atoms with Crippen LogP contribution in [-0.4, -0.2) is 25.2 Å². The van der Waals surface area contributed by atoms with E-state index < -0.39 is 11.7 Å². The maximum atomic E-state index is 14.7. The SMILES string of the molecule is CCCN(CC1CC1)c1ccc(N=CC2C(=O)Nc3cc(F)ccc32)cc1F. The molecule has 1 unspecified atom stereocenters. The van der Waals surface area contributed by atoms with Crippen LogP contribution in [0.2, 0.25) is 0 Å². The summed E-state index contributed by atoms with van der Waals surface area (Å²) in [5.41, 5.74) is 2.18. The summed E-state index contributed by atoms with van der Waals surface area (Å²) < 4.78 is 28.0. The molecule has 0 spiro atoms. The minimum Gasteiger partial charge on any atom is -0.369 e. The van der Waals surface area contributed by atoms with Crippen LogP contribution >= 0.6 is 0 Å². The Kier molecular flexibility index (Phi) is 5.11. The minimum atomic E-state index is -0.607. The summed E-state index contributed by atoms with van der Waals surface area (Å²) in [6.07, 6.45) is 4.89. The number of nitrogens with one attached hydrogen (secondary N) is 1. The molecule has 2 aromatic carbocycles. The van der Waals surface area contributed by atoms with Crippen LogP contribution in [0.5, 0.6) is 0 Å². The zero-order chi connectivity index (χ0) is 19.7. The lowest BCUT2D eigenvalue weighted by Gasteiger charge is -2.24. The zero-order valence-electron chi connectivity index (χ0n) is 15.8. The second-order valence-electron chi connectivity index (χ2n) is 7.50. The Hall–Kier alpha value is -2.76. The van der Waals surface area contributed by atoms with Crippen LogP contribution in [0.4, 0.5) is 25.8 Å². The lowest BCUT2D eigenvalue weighted by atomic mass is 10.0. The van der Waals surface area contributed by atoms with Crippen LogP contribution in [0.3, 0.4) is 0 Å². The molecule has 1 aliphatic heterocycles. The van der Waals surface area contributed by atoms with Gasteiger partial charge in [-0.3, -0.25) is 9.79 Å². The maximum absolute atomic E-state index is 14.7. The predicted octanol–water partition coefficient (Wildman–Crippen LogP) is 5.03. The first-order chi connectivity index (χ1) is 13.5. The Labute approximate surface area is 163 Å². The van der Waals surface area contributed by atoms with E-state index in [1.165, 1.54) is 37.3 Å². The first-order valence-electron chi connectivity index (χ1n) is 9.74. The van der Waals surface area contributed by atoms with Crippen molar-refractivity contribution >= 4 is 29.2 Å². The van der Waals surface area contributed by atoms with Gasteiger partial charge < -0.3 is 10.2 Å². The predicted molar refractivity (Wildman–Crippen MR) is 108 cm³/mol. The highest BCUT2D eigenvalue weighted by atomic mass is 19.1. The number of hydrogen-bond acceptors (Lipinski definition) is 3. The monoisotopic (exact) mass is 383 g/mol. The third-order valence-corrected chi connectivity index (χ3v) is 5.20. The number of nitrogens with zero attached hydrogens (tertiary/aromatic N) is 2. The molecule has 2 aliphatic rings. The fraction of sp³-hybridized carbons (Fsp3) is 0.364. The maximum Gasteiger partial charge on any atom is 0.237 e. The zero-order valence-corrected chi connectivity index (χ0v) is 15.8. The standard InChI is InChI=1S/C22H23F2N3O/c1-2-9-27(13-14-3-4-14)21-8-6-16(11-19(21)24)25-12-18-17-7-5-15(23)10-20(17)26-22(18)28/h5-8,10-12,14,18H,2-4,9,13H2,1H3,(H,26,28). The lowest BCUT2D eigenvalue weighted by molar-refractivity contribution is -0.115. The quantitative estimate of drug-likeness (QED) is 0.682. The summed E-state index contributed by atoms with van der Waals surface area (Å²) in [7, 11) is 0. The molecule has 0 saturated heterocycles. The normalized spacial score (nSPS) is 18.4. The van der Waals surface area contributed by atoms with Crippen molar-refractivity contribution in [2.24, 2.45) is 10.9 Å². The molecule has 1 heterocycles. The van der Waals surface area contributed by atoms with Gasteiger partial charge in [-0.2, -0.15) is 0 Å². The highest BCUT2D eigenvalue weighted by Crippen LogP contribution is 2.34. The molecule has 1 N–H and O–H groups in total. The van der Waals surface area contributed by atoms with Crippen molar-refractivity contribution < 1.29 is 13.6 Å². The summed E-state index contributed by atoms with van der Waals surface area (Å²) >= 11 is 0. The topological polar surface area (TPSA) is 44.7 Å². The van der Waals surface area contributed by atoms with Crippen LogP contribution < -0.4 is 10.2 Å². The van der Waals surface area contributed by atoms with E-state index in [9.17, 15) is 13.6 Å². The van der Waals surface area contributed by atoms with Gasteiger partial charge in [-0.1, -0.05) is 13.0 Å². The molecular weight excluding hydrogens is 360 g/mol. The average molecular weight is 383 g/mol. The fourth-order valence-electron chi connectivity index (χ4n) is 3.59. The van der Waals surface area contributed by atoms with E-state index in [1.807, 2.05) is 0 Å². The highest BCUT2D eigenvalue weighted by molar-refractivity contribution is 6.12. The fourth-order valence-corrected chi connectivity index (χ4v) is 3.59. The molecule has 28 heavy (non-hydrogen) atoms. The van der Waals surface area contributed by atoms with Gasteiger partial charge in [0.15, 0.2) is 0 Å². The molecule has 4 rings (SSSR count). The lowest BCUT2D eigenvalue weighted by Crippen LogP contribution is -2.27. The number of benzene rings is 2. The average Bonchev–Trinajstić information content (AvgIpc) is 3.42. The smallest absolute Gasteiger partial charge is 0.237 e. The van der Waals surface area contributed by atoms with Crippen LogP contribution in [0.25, 0.3) is 0 Å². The molecule has 4 nitrogen and oxygen atoms in total. The van der Waals surface area contributed by atoms with Gasteiger partial charge in [-0.15, -0.1) is 0 Å². The summed E-state index contributed by atoms with van der Waals surface area (Å²) in [6, 6.07) is 9.11. The number of carbonyl (C=O) groups is 1. The number of rotatable bonds is 7. The van der Waals surface area contributed by atoms with Gasteiger partial charge in [0.2, 0.25) is 5.91 Å². The Bertz CT molecular complexity index is 924. The Morgan fingerprint density at radius 3 is 2.75 bits per heavy atom. The van der Waals surface area contributed by atoms with Crippen molar-refractivity contribution in [3.8, 4) is 0 Å². The van der Waals surface area contributed by atoms with Crippen molar-refractivity contribution in [3.63, 3.8) is 0 Å². The number of aliphatic imine (C=N–C) groups is 1. The molecule has 0 aromatic heterocycles. The number of amides is 1. The first-order valence-corrected chi connectivity index (χ1v) is 9.74. The molecule has 1 fully saturated rings. The molecule has 1 aliphatic carbocycles. The minimum absolute atomic E-state index is 0.264. The van der Waals surface area contributed by atoms with Gasteiger partial charge in [0.05, 0.1) is 11.4 Å². The molecule has 6 heteroatoms. The first kappa shape index (κ1) is 18.6. The van der Waals surface area contributed by atoms with E-state index in [1.54, 1.807) is 18.2 Å². The van der Waals surface area contributed by atoms with Crippen molar-refractivity contribution in [3.05, 3.63) is 53.6 Å². The van der Waals surface area contributed by atoms with E-state index in [0.29, 0.717) is 28.5 Å². The Balaban J connectivity index is 1.52. The van der Waals surface area contributed by atoms with Crippen molar-refractivity contribution in [1.82, 2.24) is 0 Å². The number of anilines is 2. The summed E-state index contributed by atoms with van der Waals surface area (Å²) in [6.45, 7) is 3.81. The van der Waals surface area contributed by atoms with Crippen LogP contribution in [0.1, 0.15) is 37.7 Å². The van der Waals surface area contributed by atoms with Crippen LogP contribution in [-0.2, 0) is 4.79 Å². The molecule has 2 aromatic rings. The molecule has 146 valence electrons. The van der Waals surface area contributed by atoms with E-state index in [0.717, 1.165) is 19.5 Å². The second kappa shape index (κ2) is 7.70. The van der Waals surface area contributed by atoms with Crippen LogP contribution in [0.15, 0.2) is 41.4 Å². The van der Waals surface area contributed by atoms with Gasteiger partial charge >= 0.3 is 0 Å². The molecular formula is C22H23F2N3O. The summed E-state index contributed by atoms with van der Waals surface area (Å²) in [5, 5.41) is 2.65. The number of fused-ring (bicyclic) bond motifs is 1.